The second kappa shape index (κ2) is 8.32. The normalized spacial score (nSPS) is 14.0. The van der Waals surface area contributed by atoms with Gasteiger partial charge < -0.3 is 0 Å². The molecule has 5 aromatic rings. The smallest absolute Gasteiger partial charge is 0.0811 e. The third kappa shape index (κ3) is 3.39. The van der Waals surface area contributed by atoms with Gasteiger partial charge in [0.05, 0.1) is 24.0 Å². The minimum Gasteiger partial charge on any atom is -0.265 e. The van der Waals surface area contributed by atoms with E-state index in [0.29, 0.717) is 0 Å². The molecule has 0 bridgehead atoms. The summed E-state index contributed by atoms with van der Waals surface area (Å²) in [5, 5.41) is 27.1. The summed E-state index contributed by atoms with van der Waals surface area (Å²) in [4.78, 5) is 4.16. The zero-order chi connectivity index (χ0) is 21.2. The van der Waals surface area contributed by atoms with Gasteiger partial charge in [-0.1, -0.05) is 36.4 Å². The van der Waals surface area contributed by atoms with Gasteiger partial charge in [0.1, 0.15) is 0 Å². The highest BCUT2D eigenvalue weighted by Gasteiger charge is 2.36. The maximum atomic E-state index is 10.4. The maximum Gasteiger partial charge on any atom is 0.0811 e. The van der Waals surface area contributed by atoms with Gasteiger partial charge in [0.2, 0.25) is 0 Å². The molecule has 0 saturated carbocycles. The third-order valence-corrected chi connectivity index (χ3v) is 7.74. The van der Waals surface area contributed by atoms with Crippen LogP contribution in [0.5, 0.6) is 0 Å². The van der Waals surface area contributed by atoms with E-state index in [1.807, 2.05) is 36.4 Å². The topological polar surface area (TPSA) is 60.5 Å². The number of nitrogens with zero attached hydrogens (tertiary/aromatic N) is 3. The fraction of sp³-hybridized carbons (Fsp3) is 0.115. The van der Waals surface area contributed by atoms with E-state index in [2.05, 4.69) is 52.1 Å². The Morgan fingerprint density at radius 3 is 1.65 bits per heavy atom. The highest BCUT2D eigenvalue weighted by atomic mass is 32.1. The van der Waals surface area contributed by atoms with E-state index in [-0.39, 0.29) is 5.92 Å². The summed E-state index contributed by atoms with van der Waals surface area (Å²) in [5.41, 5.74) is 2.94. The molecule has 0 amide bonds. The molecule has 2 atom stereocenters. The summed E-state index contributed by atoms with van der Waals surface area (Å²) in [7, 11) is 0. The van der Waals surface area contributed by atoms with Gasteiger partial charge >= 0.3 is 0 Å². The van der Waals surface area contributed by atoms with Gasteiger partial charge in [-0.05, 0) is 62.5 Å². The first-order valence-corrected chi connectivity index (χ1v) is 11.7. The Balaban J connectivity index is 1.72. The van der Waals surface area contributed by atoms with Crippen molar-refractivity contribution in [1.29, 1.82) is 10.5 Å². The first-order valence-electron chi connectivity index (χ1n) is 9.93. The minimum atomic E-state index is -0.457. The molecule has 2 aromatic carbocycles. The number of fused-ring (bicyclic) bond motifs is 2. The number of thiophene rings is 2. The van der Waals surface area contributed by atoms with Crippen molar-refractivity contribution in [3.05, 3.63) is 101 Å². The monoisotopic (exact) mass is 435 g/mol. The highest BCUT2D eigenvalue weighted by molar-refractivity contribution is 7.17. The lowest BCUT2D eigenvalue weighted by Crippen LogP contribution is -2.17. The SMILES string of the molecule is N#CC(c1csc2ccccc12)C(c1ccncc1)C(C#N)c1csc2ccccc12. The molecular formula is C26H17N3S2. The minimum absolute atomic E-state index is 0.311. The lowest BCUT2D eigenvalue weighted by molar-refractivity contribution is 0.583. The predicted molar refractivity (Wildman–Crippen MR) is 127 cm³/mol. The van der Waals surface area contributed by atoms with Crippen molar-refractivity contribution < 1.29 is 0 Å². The van der Waals surface area contributed by atoms with Gasteiger partial charge in [-0.15, -0.1) is 22.7 Å². The highest BCUT2D eigenvalue weighted by Crippen LogP contribution is 2.47. The van der Waals surface area contributed by atoms with Crippen LogP contribution in [0.1, 0.15) is 34.4 Å². The van der Waals surface area contributed by atoms with Crippen LogP contribution in [0.4, 0.5) is 0 Å². The summed E-state index contributed by atoms with van der Waals surface area (Å²) in [5.74, 6) is -1.22. The van der Waals surface area contributed by atoms with Gasteiger partial charge in [-0.3, -0.25) is 4.98 Å². The number of pyridine rings is 1. The van der Waals surface area contributed by atoms with Crippen molar-refractivity contribution in [2.45, 2.75) is 17.8 Å². The van der Waals surface area contributed by atoms with Crippen molar-refractivity contribution >= 4 is 42.8 Å². The Morgan fingerprint density at radius 1 is 0.677 bits per heavy atom. The molecule has 0 aliphatic carbocycles. The standard InChI is InChI=1S/C26H17N3S2/c27-13-20(22-15-30-24-7-3-1-5-18(22)24)26(17-9-11-29-12-10-17)21(14-28)23-16-31-25-8-4-2-6-19(23)25/h1-12,15-16,20-21,26H. The zero-order valence-electron chi connectivity index (χ0n) is 16.5. The second-order valence-electron chi connectivity index (χ2n) is 7.39. The number of hydrogen-bond donors (Lipinski definition) is 0. The quantitative estimate of drug-likeness (QED) is 0.293. The molecule has 0 radical (unpaired) electrons. The first kappa shape index (κ1) is 19.5. The molecule has 5 heteroatoms. The van der Waals surface area contributed by atoms with E-state index in [4.69, 9.17) is 0 Å². The molecule has 0 saturated heterocycles. The van der Waals surface area contributed by atoms with E-state index >= 15 is 0 Å². The van der Waals surface area contributed by atoms with Gasteiger partial charge in [-0.2, -0.15) is 10.5 Å². The molecular weight excluding hydrogens is 418 g/mol. The molecule has 31 heavy (non-hydrogen) atoms. The van der Waals surface area contributed by atoms with Crippen LogP contribution in [0.3, 0.4) is 0 Å². The number of aromatic nitrogens is 1. The molecule has 0 fully saturated rings. The van der Waals surface area contributed by atoms with Crippen molar-refractivity contribution in [2.24, 2.45) is 0 Å². The molecule has 0 aliphatic rings. The van der Waals surface area contributed by atoms with Crippen LogP contribution < -0.4 is 0 Å². The van der Waals surface area contributed by atoms with E-state index < -0.39 is 11.8 Å². The van der Waals surface area contributed by atoms with Crippen LogP contribution in [0.15, 0.2) is 83.8 Å². The van der Waals surface area contributed by atoms with E-state index in [1.54, 1.807) is 35.1 Å². The van der Waals surface area contributed by atoms with E-state index in [1.165, 1.54) is 0 Å². The van der Waals surface area contributed by atoms with Crippen LogP contribution >= 0.6 is 22.7 Å². The number of benzene rings is 2. The predicted octanol–water partition coefficient (Wildman–Crippen LogP) is 7.21. The van der Waals surface area contributed by atoms with E-state index in [0.717, 1.165) is 36.9 Å². The largest absolute Gasteiger partial charge is 0.265 e. The lowest BCUT2D eigenvalue weighted by atomic mass is 9.72. The third-order valence-electron chi connectivity index (χ3n) is 5.78. The van der Waals surface area contributed by atoms with Gasteiger partial charge in [0.15, 0.2) is 0 Å². The number of hydrogen-bond acceptors (Lipinski definition) is 5. The summed E-state index contributed by atoms with van der Waals surface area (Å²) < 4.78 is 2.31. The Labute approximate surface area is 188 Å². The van der Waals surface area contributed by atoms with Crippen molar-refractivity contribution in [3.63, 3.8) is 0 Å². The fourth-order valence-corrected chi connectivity index (χ4v) is 6.32. The Hall–Kier alpha value is -3.51. The summed E-state index contributed by atoms with van der Waals surface area (Å²) >= 11 is 3.29. The fourth-order valence-electron chi connectivity index (χ4n) is 4.33. The van der Waals surface area contributed by atoms with E-state index in [9.17, 15) is 10.5 Å². The molecule has 0 aliphatic heterocycles. The average Bonchev–Trinajstić information content (AvgIpc) is 3.45. The van der Waals surface area contributed by atoms with Crippen molar-refractivity contribution in [1.82, 2.24) is 4.98 Å². The van der Waals surface area contributed by atoms with Crippen molar-refractivity contribution in [3.8, 4) is 12.1 Å². The molecule has 0 N–H and O–H groups in total. The van der Waals surface area contributed by atoms with Crippen LogP contribution in [-0.4, -0.2) is 4.98 Å². The summed E-state index contributed by atoms with van der Waals surface area (Å²) in [6.45, 7) is 0. The van der Waals surface area contributed by atoms with Crippen LogP contribution in [-0.2, 0) is 0 Å². The van der Waals surface area contributed by atoms with Crippen LogP contribution in [0, 0.1) is 22.7 Å². The Kier molecular flexibility index (Phi) is 5.22. The molecule has 3 nitrogen and oxygen atoms in total. The molecule has 3 aromatic heterocycles. The molecule has 2 unspecified atom stereocenters. The maximum absolute atomic E-state index is 10.4. The second-order valence-corrected chi connectivity index (χ2v) is 9.22. The molecule has 3 heterocycles. The number of nitriles is 2. The molecule has 0 spiro atoms. The van der Waals surface area contributed by atoms with Gasteiger partial charge in [0, 0.05) is 27.7 Å². The summed E-state index contributed by atoms with van der Waals surface area (Å²) in [6.07, 6.45) is 3.48. The van der Waals surface area contributed by atoms with Crippen LogP contribution in [0.25, 0.3) is 20.2 Å². The summed E-state index contributed by atoms with van der Waals surface area (Å²) in [6, 6.07) is 25.3. The van der Waals surface area contributed by atoms with Gasteiger partial charge in [0.25, 0.3) is 0 Å². The van der Waals surface area contributed by atoms with Crippen molar-refractivity contribution in [2.75, 3.05) is 0 Å². The first-order chi connectivity index (χ1) is 15.3. The number of rotatable bonds is 5. The Bertz CT molecular complexity index is 1340. The Morgan fingerprint density at radius 2 is 1.16 bits per heavy atom. The zero-order valence-corrected chi connectivity index (χ0v) is 18.1. The lowest BCUT2D eigenvalue weighted by Gasteiger charge is -2.27. The molecule has 5 rings (SSSR count). The van der Waals surface area contributed by atoms with Gasteiger partial charge in [-0.25, -0.2) is 0 Å². The molecule has 148 valence electrons. The van der Waals surface area contributed by atoms with Crippen LogP contribution in [0.2, 0.25) is 0 Å². The average molecular weight is 436 g/mol.